The predicted molar refractivity (Wildman–Crippen MR) is 51.9 cm³/mol. The first-order valence-corrected chi connectivity index (χ1v) is 4.73. The van der Waals surface area contributed by atoms with Crippen molar-refractivity contribution in [1.29, 1.82) is 0 Å². The minimum Gasteiger partial charge on any atom is -0.392 e. The van der Waals surface area contributed by atoms with Crippen molar-refractivity contribution in [1.82, 2.24) is 5.32 Å². The van der Waals surface area contributed by atoms with Gasteiger partial charge < -0.3 is 19.9 Å². The Balaban J connectivity index is 2.84. The third kappa shape index (κ3) is 11.8. The van der Waals surface area contributed by atoms with Crippen molar-refractivity contribution < 1.29 is 14.6 Å². The first kappa shape index (κ1) is 12.8. The van der Waals surface area contributed by atoms with E-state index >= 15 is 0 Å². The normalized spacial score (nSPS) is 13.2. The molecule has 0 amide bonds. The van der Waals surface area contributed by atoms with Crippen molar-refractivity contribution in [3.63, 3.8) is 0 Å². The lowest BCUT2D eigenvalue weighted by Crippen LogP contribution is -2.27. The Hall–Kier alpha value is -0.160. The van der Waals surface area contributed by atoms with Crippen LogP contribution in [0.1, 0.15) is 13.3 Å². The van der Waals surface area contributed by atoms with Gasteiger partial charge in [-0.3, -0.25) is 0 Å². The molecular formula is C9H21NO3. The molecule has 1 atom stereocenters. The molecule has 4 heteroatoms. The molecule has 0 aromatic heterocycles. The maximum absolute atomic E-state index is 8.91. The van der Waals surface area contributed by atoms with Crippen molar-refractivity contribution in [3.05, 3.63) is 0 Å². The molecule has 0 bridgehead atoms. The smallest absolute Gasteiger partial charge is 0.0636 e. The minimum atomic E-state index is -0.284. The SMILES string of the molecule is COCCCOCCNCC(C)O. The van der Waals surface area contributed by atoms with Crippen LogP contribution in [0.15, 0.2) is 0 Å². The molecular weight excluding hydrogens is 170 g/mol. The van der Waals surface area contributed by atoms with Crippen LogP contribution in [0, 0.1) is 0 Å². The van der Waals surface area contributed by atoms with E-state index < -0.39 is 0 Å². The first-order chi connectivity index (χ1) is 6.27. The molecule has 1 unspecified atom stereocenters. The zero-order valence-corrected chi connectivity index (χ0v) is 8.58. The molecule has 0 aliphatic rings. The van der Waals surface area contributed by atoms with Gasteiger partial charge in [-0.1, -0.05) is 0 Å². The monoisotopic (exact) mass is 191 g/mol. The predicted octanol–water partition coefficient (Wildman–Crippen LogP) is 0.00990. The molecule has 0 aliphatic carbocycles. The van der Waals surface area contributed by atoms with Gasteiger partial charge in [-0.2, -0.15) is 0 Å². The lowest BCUT2D eigenvalue weighted by molar-refractivity contribution is 0.102. The third-order valence-electron chi connectivity index (χ3n) is 1.50. The number of nitrogens with one attached hydrogen (secondary N) is 1. The van der Waals surface area contributed by atoms with E-state index in [1.165, 1.54) is 0 Å². The Labute approximate surface area is 80.2 Å². The fourth-order valence-electron chi connectivity index (χ4n) is 0.863. The quantitative estimate of drug-likeness (QED) is 0.504. The van der Waals surface area contributed by atoms with E-state index in [1.807, 2.05) is 0 Å². The summed E-state index contributed by atoms with van der Waals surface area (Å²) in [5.74, 6) is 0. The van der Waals surface area contributed by atoms with Gasteiger partial charge in [0.15, 0.2) is 0 Å². The van der Waals surface area contributed by atoms with Crippen molar-refractivity contribution in [2.45, 2.75) is 19.4 Å². The maximum atomic E-state index is 8.91. The molecule has 0 fully saturated rings. The number of aliphatic hydroxyl groups excluding tert-OH is 1. The van der Waals surface area contributed by atoms with Gasteiger partial charge in [-0.15, -0.1) is 0 Å². The summed E-state index contributed by atoms with van der Waals surface area (Å²) in [6, 6.07) is 0. The maximum Gasteiger partial charge on any atom is 0.0636 e. The summed E-state index contributed by atoms with van der Waals surface area (Å²) in [4.78, 5) is 0. The van der Waals surface area contributed by atoms with E-state index in [4.69, 9.17) is 14.6 Å². The molecule has 0 saturated carbocycles. The van der Waals surface area contributed by atoms with Gasteiger partial charge in [0.1, 0.15) is 0 Å². The van der Waals surface area contributed by atoms with E-state index in [-0.39, 0.29) is 6.10 Å². The van der Waals surface area contributed by atoms with Crippen molar-refractivity contribution in [2.75, 3.05) is 40.0 Å². The first-order valence-electron chi connectivity index (χ1n) is 4.73. The lowest BCUT2D eigenvalue weighted by Gasteiger charge is -2.07. The Bertz CT molecular complexity index is 98.9. The average Bonchev–Trinajstić information content (AvgIpc) is 2.09. The molecule has 0 saturated heterocycles. The summed E-state index contributed by atoms with van der Waals surface area (Å²) < 4.78 is 10.2. The van der Waals surface area contributed by atoms with Crippen LogP contribution >= 0.6 is 0 Å². The number of methoxy groups -OCH3 is 1. The standard InChI is InChI=1S/C9H21NO3/c1-9(11)8-10-4-7-13-6-3-5-12-2/h9-11H,3-8H2,1-2H3. The summed E-state index contributed by atoms with van der Waals surface area (Å²) in [6.45, 7) is 5.35. The molecule has 2 N–H and O–H groups in total. The number of rotatable bonds is 9. The molecule has 0 spiro atoms. The fourth-order valence-corrected chi connectivity index (χ4v) is 0.863. The highest BCUT2D eigenvalue weighted by atomic mass is 16.5. The van der Waals surface area contributed by atoms with Gasteiger partial charge in [0, 0.05) is 33.4 Å². The molecule has 0 heterocycles. The number of hydrogen-bond acceptors (Lipinski definition) is 4. The van der Waals surface area contributed by atoms with Gasteiger partial charge >= 0.3 is 0 Å². The summed E-state index contributed by atoms with van der Waals surface area (Å²) in [6.07, 6.45) is 0.654. The van der Waals surface area contributed by atoms with Gasteiger partial charge in [-0.05, 0) is 13.3 Å². The van der Waals surface area contributed by atoms with Crippen molar-refractivity contribution in [3.8, 4) is 0 Å². The highest BCUT2D eigenvalue weighted by Crippen LogP contribution is 1.82. The van der Waals surface area contributed by atoms with Crippen LogP contribution in [0.4, 0.5) is 0 Å². The molecule has 4 nitrogen and oxygen atoms in total. The van der Waals surface area contributed by atoms with Crippen molar-refractivity contribution in [2.24, 2.45) is 0 Å². The van der Waals surface area contributed by atoms with E-state index in [9.17, 15) is 0 Å². The van der Waals surface area contributed by atoms with Crippen LogP contribution in [0.2, 0.25) is 0 Å². The summed E-state index contributed by atoms with van der Waals surface area (Å²) in [5, 5.41) is 12.0. The van der Waals surface area contributed by atoms with Gasteiger partial charge in [0.2, 0.25) is 0 Å². The highest BCUT2D eigenvalue weighted by Gasteiger charge is 1.93. The molecule has 80 valence electrons. The van der Waals surface area contributed by atoms with E-state index in [1.54, 1.807) is 14.0 Å². The second kappa shape index (κ2) is 9.92. The van der Waals surface area contributed by atoms with Crippen LogP contribution in [0.25, 0.3) is 0 Å². The molecule has 0 aliphatic heterocycles. The van der Waals surface area contributed by atoms with Crippen LogP contribution in [-0.2, 0) is 9.47 Å². The topological polar surface area (TPSA) is 50.7 Å². The Kier molecular flexibility index (Phi) is 9.80. The molecule has 13 heavy (non-hydrogen) atoms. The fraction of sp³-hybridized carbons (Fsp3) is 1.00. The largest absolute Gasteiger partial charge is 0.392 e. The molecule has 0 aromatic carbocycles. The zero-order valence-electron chi connectivity index (χ0n) is 8.58. The van der Waals surface area contributed by atoms with Crippen LogP contribution in [0.3, 0.4) is 0 Å². The summed E-state index contributed by atoms with van der Waals surface area (Å²) in [5.41, 5.74) is 0. The van der Waals surface area contributed by atoms with Gasteiger partial charge in [-0.25, -0.2) is 0 Å². The van der Waals surface area contributed by atoms with Crippen LogP contribution in [-0.4, -0.2) is 51.2 Å². The third-order valence-corrected chi connectivity index (χ3v) is 1.50. The van der Waals surface area contributed by atoms with E-state index in [0.717, 1.165) is 26.2 Å². The highest BCUT2D eigenvalue weighted by molar-refractivity contribution is 4.51. The second-order valence-corrected chi connectivity index (χ2v) is 3.01. The lowest BCUT2D eigenvalue weighted by atomic mass is 10.4. The second-order valence-electron chi connectivity index (χ2n) is 3.01. The summed E-state index contributed by atoms with van der Waals surface area (Å²) >= 11 is 0. The molecule has 0 radical (unpaired) electrons. The molecule has 0 rings (SSSR count). The Morgan fingerprint density at radius 3 is 2.69 bits per heavy atom. The zero-order chi connectivity index (χ0) is 9.94. The number of aliphatic hydroxyl groups is 1. The van der Waals surface area contributed by atoms with Crippen LogP contribution < -0.4 is 5.32 Å². The Morgan fingerprint density at radius 1 is 1.31 bits per heavy atom. The van der Waals surface area contributed by atoms with Crippen molar-refractivity contribution >= 4 is 0 Å². The minimum absolute atomic E-state index is 0.284. The van der Waals surface area contributed by atoms with E-state index in [2.05, 4.69) is 5.32 Å². The van der Waals surface area contributed by atoms with E-state index in [0.29, 0.717) is 13.2 Å². The summed E-state index contributed by atoms with van der Waals surface area (Å²) in [7, 11) is 1.68. The number of hydrogen-bond donors (Lipinski definition) is 2. The van der Waals surface area contributed by atoms with Crippen LogP contribution in [0.5, 0.6) is 0 Å². The molecule has 0 aromatic rings. The average molecular weight is 191 g/mol. The number of ether oxygens (including phenoxy) is 2. The van der Waals surface area contributed by atoms with Gasteiger partial charge in [0.05, 0.1) is 12.7 Å². The Morgan fingerprint density at radius 2 is 2.08 bits per heavy atom. The van der Waals surface area contributed by atoms with Gasteiger partial charge in [0.25, 0.3) is 0 Å².